The number of hydrogen-bond acceptors (Lipinski definition) is 5. The van der Waals surface area contributed by atoms with Gasteiger partial charge in [-0.05, 0) is 24.3 Å². The third kappa shape index (κ3) is 4.59. The molecular weight excluding hydrogens is 388 g/mol. The van der Waals surface area contributed by atoms with Gasteiger partial charge in [-0.3, -0.25) is 4.90 Å². The molecule has 0 saturated carbocycles. The summed E-state index contributed by atoms with van der Waals surface area (Å²) in [4.78, 5) is 31.6. The standard InChI is InChI=1S/C19H19F2N3O3S/c1-27-18(25)13-2-3-14(16(21)10-13)12-24(17-5-4-15(20)11-22-17)19(26)23-6-8-28-9-7-23/h2-5,10-11H,6-9,12H2,1H3. The van der Waals surface area contributed by atoms with Gasteiger partial charge in [-0.25, -0.2) is 23.4 Å². The van der Waals surface area contributed by atoms with Gasteiger partial charge in [0.25, 0.3) is 0 Å². The van der Waals surface area contributed by atoms with Gasteiger partial charge in [-0.2, -0.15) is 11.8 Å². The molecule has 1 aromatic heterocycles. The van der Waals surface area contributed by atoms with Gasteiger partial charge in [0, 0.05) is 30.2 Å². The summed E-state index contributed by atoms with van der Waals surface area (Å²) in [7, 11) is 1.21. The zero-order valence-electron chi connectivity index (χ0n) is 15.2. The molecule has 1 fully saturated rings. The Bertz CT molecular complexity index is 858. The number of amides is 2. The van der Waals surface area contributed by atoms with Crippen molar-refractivity contribution in [1.29, 1.82) is 0 Å². The fourth-order valence-electron chi connectivity index (χ4n) is 2.79. The molecule has 0 aliphatic carbocycles. The Morgan fingerprint density at radius 2 is 1.96 bits per heavy atom. The van der Waals surface area contributed by atoms with E-state index in [0.717, 1.165) is 23.8 Å². The maximum atomic E-state index is 14.5. The number of ether oxygens (including phenoxy) is 1. The number of methoxy groups -OCH3 is 1. The number of carbonyl (C=O) groups excluding carboxylic acids is 2. The Kier molecular flexibility index (Phi) is 6.45. The highest BCUT2D eigenvalue weighted by Gasteiger charge is 2.26. The molecule has 1 aromatic carbocycles. The van der Waals surface area contributed by atoms with Gasteiger partial charge in [0.1, 0.15) is 17.5 Å². The highest BCUT2D eigenvalue weighted by molar-refractivity contribution is 7.99. The maximum absolute atomic E-state index is 14.5. The number of nitrogens with zero attached hydrogens (tertiary/aromatic N) is 3. The summed E-state index contributed by atoms with van der Waals surface area (Å²) in [6.45, 7) is 1.05. The second-order valence-corrected chi connectivity index (χ2v) is 7.33. The first-order valence-electron chi connectivity index (χ1n) is 8.62. The number of halogens is 2. The molecule has 0 spiro atoms. The Labute approximate surface area is 165 Å². The van der Waals surface area contributed by atoms with Crippen LogP contribution in [0, 0.1) is 11.6 Å². The molecule has 1 aliphatic heterocycles. The summed E-state index contributed by atoms with van der Waals surface area (Å²) in [5, 5.41) is 0. The van der Waals surface area contributed by atoms with E-state index in [1.54, 1.807) is 16.7 Å². The third-order valence-corrected chi connectivity index (χ3v) is 5.25. The first kappa shape index (κ1) is 20.1. The molecule has 6 nitrogen and oxygen atoms in total. The fourth-order valence-corrected chi connectivity index (χ4v) is 3.69. The van der Waals surface area contributed by atoms with Gasteiger partial charge in [0.05, 0.1) is 25.4 Å². The van der Waals surface area contributed by atoms with Crippen LogP contribution in [0.4, 0.5) is 19.4 Å². The van der Waals surface area contributed by atoms with E-state index in [-0.39, 0.29) is 29.5 Å². The largest absolute Gasteiger partial charge is 0.465 e. The summed E-state index contributed by atoms with van der Waals surface area (Å²) in [5.41, 5.74) is 0.285. The quantitative estimate of drug-likeness (QED) is 0.728. The van der Waals surface area contributed by atoms with E-state index in [2.05, 4.69) is 9.72 Å². The van der Waals surface area contributed by atoms with Crippen LogP contribution in [0.25, 0.3) is 0 Å². The van der Waals surface area contributed by atoms with Crippen molar-refractivity contribution in [3.8, 4) is 0 Å². The number of pyridine rings is 1. The predicted molar refractivity (Wildman–Crippen MR) is 102 cm³/mol. The maximum Gasteiger partial charge on any atom is 0.337 e. The molecule has 1 aliphatic rings. The van der Waals surface area contributed by atoms with E-state index in [0.29, 0.717) is 13.1 Å². The Morgan fingerprint density at radius 1 is 1.21 bits per heavy atom. The van der Waals surface area contributed by atoms with Gasteiger partial charge in [-0.15, -0.1) is 0 Å². The molecule has 3 rings (SSSR count). The van der Waals surface area contributed by atoms with Gasteiger partial charge in [-0.1, -0.05) is 6.07 Å². The van der Waals surface area contributed by atoms with Gasteiger partial charge < -0.3 is 9.64 Å². The lowest BCUT2D eigenvalue weighted by Crippen LogP contribution is -2.47. The number of esters is 1. The van der Waals surface area contributed by atoms with Crippen LogP contribution in [0.1, 0.15) is 15.9 Å². The first-order valence-corrected chi connectivity index (χ1v) is 9.77. The van der Waals surface area contributed by atoms with E-state index in [4.69, 9.17) is 0 Å². The van der Waals surface area contributed by atoms with Crippen LogP contribution in [0.3, 0.4) is 0 Å². The van der Waals surface area contributed by atoms with Gasteiger partial charge in [0.2, 0.25) is 0 Å². The zero-order chi connectivity index (χ0) is 20.1. The van der Waals surface area contributed by atoms with Gasteiger partial charge >= 0.3 is 12.0 Å². The molecular formula is C19H19F2N3O3S. The Hall–Kier alpha value is -2.68. The molecule has 28 heavy (non-hydrogen) atoms. The molecule has 0 bridgehead atoms. The Balaban J connectivity index is 1.89. The first-order chi connectivity index (χ1) is 13.5. The molecule has 9 heteroatoms. The molecule has 1 saturated heterocycles. The van der Waals surface area contributed by atoms with Crippen molar-refractivity contribution in [3.63, 3.8) is 0 Å². The van der Waals surface area contributed by atoms with Crippen LogP contribution >= 0.6 is 11.8 Å². The second-order valence-electron chi connectivity index (χ2n) is 6.10. The molecule has 2 heterocycles. The van der Waals surface area contributed by atoms with Crippen LogP contribution in [0.5, 0.6) is 0 Å². The lowest BCUT2D eigenvalue weighted by atomic mass is 10.1. The summed E-state index contributed by atoms with van der Waals surface area (Å²) >= 11 is 1.76. The van der Waals surface area contributed by atoms with E-state index in [1.807, 2.05) is 0 Å². The van der Waals surface area contributed by atoms with Crippen molar-refractivity contribution in [2.24, 2.45) is 0 Å². The average molecular weight is 407 g/mol. The lowest BCUT2D eigenvalue weighted by molar-refractivity contribution is 0.0600. The minimum absolute atomic E-state index is 0.0783. The summed E-state index contributed by atoms with van der Waals surface area (Å²) < 4.78 is 32.4. The van der Waals surface area contributed by atoms with Crippen LogP contribution in [0.15, 0.2) is 36.5 Å². The normalized spacial score (nSPS) is 13.9. The highest BCUT2D eigenvalue weighted by atomic mass is 32.2. The van der Waals surface area contributed by atoms with Crippen LogP contribution in [-0.2, 0) is 11.3 Å². The fraction of sp³-hybridized carbons (Fsp3) is 0.316. The van der Waals surface area contributed by atoms with E-state index >= 15 is 0 Å². The zero-order valence-corrected chi connectivity index (χ0v) is 16.0. The third-order valence-electron chi connectivity index (χ3n) is 4.30. The van der Waals surface area contributed by atoms with E-state index in [9.17, 15) is 18.4 Å². The number of hydrogen-bond donors (Lipinski definition) is 0. The van der Waals surface area contributed by atoms with Crippen LogP contribution < -0.4 is 4.90 Å². The number of urea groups is 1. The minimum atomic E-state index is -0.649. The van der Waals surface area contributed by atoms with Crippen molar-refractivity contribution in [2.45, 2.75) is 6.54 Å². The number of thioether (sulfide) groups is 1. The van der Waals surface area contributed by atoms with E-state index in [1.165, 1.54) is 36.3 Å². The monoisotopic (exact) mass is 407 g/mol. The number of benzene rings is 1. The lowest BCUT2D eigenvalue weighted by Gasteiger charge is -2.32. The Morgan fingerprint density at radius 3 is 2.57 bits per heavy atom. The topological polar surface area (TPSA) is 62.7 Å². The highest BCUT2D eigenvalue weighted by Crippen LogP contribution is 2.21. The van der Waals surface area contributed by atoms with Crippen molar-refractivity contribution in [2.75, 3.05) is 36.6 Å². The minimum Gasteiger partial charge on any atom is -0.465 e. The van der Waals surface area contributed by atoms with Crippen molar-refractivity contribution in [3.05, 3.63) is 59.3 Å². The number of rotatable bonds is 4. The smallest absolute Gasteiger partial charge is 0.337 e. The van der Waals surface area contributed by atoms with Crippen LogP contribution in [-0.4, -0.2) is 53.6 Å². The van der Waals surface area contributed by atoms with Crippen molar-refractivity contribution >= 4 is 29.6 Å². The van der Waals surface area contributed by atoms with Crippen molar-refractivity contribution < 1.29 is 23.1 Å². The number of carbonyl (C=O) groups is 2. The SMILES string of the molecule is COC(=O)c1ccc(CN(C(=O)N2CCSCC2)c2ccc(F)cn2)c(F)c1. The summed E-state index contributed by atoms with van der Waals surface area (Å²) in [5.74, 6) is 0.0404. The molecule has 148 valence electrons. The van der Waals surface area contributed by atoms with Gasteiger partial charge in [0.15, 0.2) is 0 Å². The average Bonchev–Trinajstić information content (AvgIpc) is 2.73. The molecule has 0 radical (unpaired) electrons. The van der Waals surface area contributed by atoms with Crippen molar-refractivity contribution in [1.82, 2.24) is 9.88 Å². The summed E-state index contributed by atoms with van der Waals surface area (Å²) in [6.07, 6.45) is 1.01. The van der Waals surface area contributed by atoms with Crippen LogP contribution in [0.2, 0.25) is 0 Å². The second kappa shape index (κ2) is 9.01. The molecule has 2 amide bonds. The summed E-state index contributed by atoms with van der Waals surface area (Å²) in [6, 6.07) is 6.19. The molecule has 0 unspecified atom stereocenters. The number of aromatic nitrogens is 1. The van der Waals surface area contributed by atoms with E-state index < -0.39 is 17.6 Å². The number of anilines is 1. The predicted octanol–water partition coefficient (Wildman–Crippen LogP) is 3.32. The molecule has 0 N–H and O–H groups in total. The molecule has 0 atom stereocenters. The molecule has 2 aromatic rings.